The molecule has 3 rings (SSSR count). The Morgan fingerprint density at radius 1 is 1.14 bits per heavy atom. The van der Waals surface area contributed by atoms with Crippen LogP contribution in [0.4, 0.5) is 5.95 Å². The van der Waals surface area contributed by atoms with Crippen molar-refractivity contribution in [3.05, 3.63) is 53.9 Å². The predicted molar refractivity (Wildman–Crippen MR) is 82.7 cm³/mol. The molecule has 6 nitrogen and oxygen atoms in total. The first-order valence-corrected chi connectivity index (χ1v) is 7.54. The van der Waals surface area contributed by atoms with Crippen LogP contribution in [0.3, 0.4) is 0 Å². The number of aromatic nitrogens is 5. The van der Waals surface area contributed by atoms with Gasteiger partial charge in [0.2, 0.25) is 5.95 Å². The fourth-order valence-electron chi connectivity index (χ4n) is 2.01. The van der Waals surface area contributed by atoms with E-state index in [4.69, 9.17) is 5.73 Å². The topological polar surface area (TPSA) is 74.5 Å². The van der Waals surface area contributed by atoms with Crippen molar-refractivity contribution in [2.75, 3.05) is 5.73 Å². The van der Waals surface area contributed by atoms with Crippen LogP contribution in [0.5, 0.6) is 0 Å². The number of nitrogens with two attached hydrogens (primary N) is 1. The number of anilines is 1. The largest absolute Gasteiger partial charge is 0.368 e. The Bertz CT molecular complexity index is 718. The first kappa shape index (κ1) is 13.7. The maximum atomic E-state index is 5.91. The smallest absolute Gasteiger partial charge is 0.223 e. The number of nitrogen functional groups attached to an aromatic ring is 1. The van der Waals surface area contributed by atoms with Crippen molar-refractivity contribution >= 4 is 17.7 Å². The fraction of sp³-hybridized carbons (Fsp3) is 0.214. The van der Waals surface area contributed by atoms with E-state index < -0.39 is 0 Å². The first-order chi connectivity index (χ1) is 10.2. The van der Waals surface area contributed by atoms with Gasteiger partial charge in [-0.1, -0.05) is 42.1 Å². The third kappa shape index (κ3) is 3.25. The summed E-state index contributed by atoms with van der Waals surface area (Å²) in [6, 6.07) is 10.3. The molecule has 0 saturated heterocycles. The Labute approximate surface area is 127 Å². The molecule has 0 bridgehead atoms. The first-order valence-electron chi connectivity index (χ1n) is 6.55. The molecule has 21 heavy (non-hydrogen) atoms. The number of nitrogens with zero attached hydrogens (tertiary/aromatic N) is 5. The minimum absolute atomic E-state index is 0.425. The third-order valence-electron chi connectivity index (χ3n) is 3.06. The Balaban J connectivity index is 1.74. The summed E-state index contributed by atoms with van der Waals surface area (Å²) < 4.78 is 3.68. The highest BCUT2D eigenvalue weighted by Crippen LogP contribution is 2.23. The minimum Gasteiger partial charge on any atom is -0.368 e. The number of benzene rings is 1. The van der Waals surface area contributed by atoms with Crippen molar-refractivity contribution < 1.29 is 0 Å². The summed E-state index contributed by atoms with van der Waals surface area (Å²) >= 11 is 1.63. The van der Waals surface area contributed by atoms with Gasteiger partial charge in [-0.05, 0) is 5.56 Å². The van der Waals surface area contributed by atoms with Gasteiger partial charge in [0, 0.05) is 24.6 Å². The van der Waals surface area contributed by atoms with E-state index in [2.05, 4.69) is 27.4 Å². The zero-order chi connectivity index (χ0) is 14.7. The molecule has 108 valence electrons. The molecule has 0 atom stereocenters. The monoisotopic (exact) mass is 300 g/mol. The van der Waals surface area contributed by atoms with Crippen LogP contribution in [0.25, 0.3) is 0 Å². The lowest BCUT2D eigenvalue weighted by molar-refractivity contribution is 0.714. The van der Waals surface area contributed by atoms with Gasteiger partial charge in [-0.2, -0.15) is 5.10 Å². The Morgan fingerprint density at radius 2 is 1.95 bits per heavy atom. The second-order valence-electron chi connectivity index (χ2n) is 4.72. The van der Waals surface area contributed by atoms with Crippen LogP contribution in [-0.4, -0.2) is 24.5 Å². The number of hydrogen-bond acceptors (Lipinski definition) is 5. The number of hydrogen-bond donors (Lipinski definition) is 1. The van der Waals surface area contributed by atoms with Crippen molar-refractivity contribution in [1.82, 2.24) is 24.5 Å². The normalized spacial score (nSPS) is 10.9. The van der Waals surface area contributed by atoms with Crippen LogP contribution in [0.15, 0.2) is 47.9 Å². The second kappa shape index (κ2) is 6.01. The van der Waals surface area contributed by atoms with Gasteiger partial charge in [0.05, 0.1) is 12.7 Å². The van der Waals surface area contributed by atoms with Gasteiger partial charge in [0.15, 0.2) is 5.16 Å². The molecule has 0 radical (unpaired) electrons. The molecule has 7 heteroatoms. The Kier molecular flexibility index (Phi) is 3.92. The van der Waals surface area contributed by atoms with Crippen LogP contribution in [-0.2, 0) is 19.3 Å². The summed E-state index contributed by atoms with van der Waals surface area (Å²) in [4.78, 5) is 0. The summed E-state index contributed by atoms with van der Waals surface area (Å²) in [6.45, 7) is 0.629. The molecule has 0 aliphatic carbocycles. The van der Waals surface area contributed by atoms with Crippen LogP contribution in [0.2, 0.25) is 0 Å². The summed E-state index contributed by atoms with van der Waals surface area (Å²) in [5.74, 6) is 1.26. The van der Waals surface area contributed by atoms with E-state index in [-0.39, 0.29) is 0 Å². The Hall–Kier alpha value is -2.28. The average Bonchev–Trinajstić information content (AvgIpc) is 3.06. The molecule has 0 aliphatic heterocycles. The van der Waals surface area contributed by atoms with E-state index in [1.807, 2.05) is 42.2 Å². The van der Waals surface area contributed by atoms with Crippen molar-refractivity contribution in [3.63, 3.8) is 0 Å². The Morgan fingerprint density at radius 3 is 2.67 bits per heavy atom. The van der Waals surface area contributed by atoms with Gasteiger partial charge < -0.3 is 5.73 Å². The van der Waals surface area contributed by atoms with Crippen LogP contribution in [0.1, 0.15) is 11.1 Å². The van der Waals surface area contributed by atoms with E-state index in [0.29, 0.717) is 12.5 Å². The van der Waals surface area contributed by atoms with E-state index >= 15 is 0 Å². The molecule has 0 unspecified atom stereocenters. The molecular weight excluding hydrogens is 284 g/mol. The quantitative estimate of drug-likeness (QED) is 0.729. The molecule has 2 aromatic heterocycles. The van der Waals surface area contributed by atoms with Crippen molar-refractivity contribution in [1.29, 1.82) is 0 Å². The zero-order valence-electron chi connectivity index (χ0n) is 11.7. The van der Waals surface area contributed by atoms with Gasteiger partial charge in [-0.3, -0.25) is 9.25 Å². The van der Waals surface area contributed by atoms with Crippen molar-refractivity contribution in [2.24, 2.45) is 7.05 Å². The molecule has 2 N–H and O–H groups in total. The standard InChI is InChI=1S/C14H16N6S/c1-19-8-12(7-16-19)9-20-13(15)17-18-14(20)21-10-11-5-3-2-4-6-11/h2-8H,9-10H2,1H3,(H2,15,17). The molecular formula is C14H16N6S. The maximum absolute atomic E-state index is 5.91. The summed E-state index contributed by atoms with van der Waals surface area (Å²) in [5, 5.41) is 13.1. The highest BCUT2D eigenvalue weighted by atomic mass is 32.2. The van der Waals surface area contributed by atoms with E-state index in [1.54, 1.807) is 16.4 Å². The van der Waals surface area contributed by atoms with Gasteiger partial charge in [0.25, 0.3) is 0 Å². The van der Waals surface area contributed by atoms with E-state index in [1.165, 1.54) is 5.56 Å². The summed E-state index contributed by atoms with van der Waals surface area (Å²) in [6.07, 6.45) is 3.79. The van der Waals surface area contributed by atoms with Gasteiger partial charge >= 0.3 is 0 Å². The molecule has 0 amide bonds. The van der Waals surface area contributed by atoms with Crippen LogP contribution >= 0.6 is 11.8 Å². The third-order valence-corrected chi connectivity index (χ3v) is 4.09. The van der Waals surface area contributed by atoms with Gasteiger partial charge in [-0.15, -0.1) is 10.2 Å². The van der Waals surface area contributed by atoms with E-state index in [9.17, 15) is 0 Å². The molecule has 3 aromatic rings. The lowest BCUT2D eigenvalue weighted by Crippen LogP contribution is -2.05. The van der Waals surface area contributed by atoms with Gasteiger partial charge in [0.1, 0.15) is 0 Å². The van der Waals surface area contributed by atoms with Crippen molar-refractivity contribution in [3.8, 4) is 0 Å². The number of aryl methyl sites for hydroxylation is 1. The maximum Gasteiger partial charge on any atom is 0.223 e. The number of thioether (sulfide) groups is 1. The van der Waals surface area contributed by atoms with Crippen LogP contribution in [0, 0.1) is 0 Å². The fourth-order valence-corrected chi connectivity index (χ4v) is 2.91. The van der Waals surface area contributed by atoms with Crippen LogP contribution < -0.4 is 5.73 Å². The molecule has 0 fully saturated rings. The van der Waals surface area contributed by atoms with Crippen molar-refractivity contribution in [2.45, 2.75) is 17.5 Å². The molecule has 0 spiro atoms. The molecule has 0 aliphatic rings. The zero-order valence-corrected chi connectivity index (χ0v) is 12.5. The van der Waals surface area contributed by atoms with Gasteiger partial charge in [-0.25, -0.2) is 0 Å². The lowest BCUT2D eigenvalue weighted by atomic mass is 10.2. The molecule has 0 saturated carbocycles. The molecule has 1 aromatic carbocycles. The summed E-state index contributed by atoms with van der Waals surface area (Å²) in [7, 11) is 1.89. The average molecular weight is 300 g/mol. The molecule has 2 heterocycles. The SMILES string of the molecule is Cn1cc(Cn2c(N)nnc2SCc2ccccc2)cn1. The highest BCUT2D eigenvalue weighted by Gasteiger charge is 2.11. The number of rotatable bonds is 5. The predicted octanol–water partition coefficient (Wildman–Crippen LogP) is 1.93. The minimum atomic E-state index is 0.425. The summed E-state index contributed by atoms with van der Waals surface area (Å²) in [5.41, 5.74) is 8.24. The second-order valence-corrected chi connectivity index (χ2v) is 5.67. The highest BCUT2D eigenvalue weighted by molar-refractivity contribution is 7.98. The van der Waals surface area contributed by atoms with E-state index in [0.717, 1.165) is 16.5 Å². The lowest BCUT2D eigenvalue weighted by Gasteiger charge is -2.06.